The lowest BCUT2D eigenvalue weighted by molar-refractivity contribution is -0.138. The number of rotatable bonds is 6. The summed E-state index contributed by atoms with van der Waals surface area (Å²) in [4.78, 5) is 12.3. The van der Waals surface area contributed by atoms with Crippen molar-refractivity contribution in [1.82, 2.24) is 4.31 Å². The molecule has 1 aliphatic rings. The highest BCUT2D eigenvalue weighted by Gasteiger charge is 2.43. The number of ether oxygens (including phenoxy) is 1. The van der Waals surface area contributed by atoms with Crippen LogP contribution in [0.5, 0.6) is 0 Å². The summed E-state index contributed by atoms with van der Waals surface area (Å²) in [5.74, 6) is -0.288. The second-order valence-corrected chi connectivity index (χ2v) is 9.07. The zero-order chi connectivity index (χ0) is 17.7. The van der Waals surface area contributed by atoms with Gasteiger partial charge in [0, 0.05) is 11.4 Å². The molecule has 0 saturated heterocycles. The van der Waals surface area contributed by atoms with Gasteiger partial charge < -0.3 is 9.29 Å². The van der Waals surface area contributed by atoms with Crippen molar-refractivity contribution in [2.45, 2.75) is 51.3 Å². The molecule has 0 aromatic heterocycles. The molecule has 24 heavy (non-hydrogen) atoms. The fourth-order valence-corrected chi connectivity index (χ4v) is 4.19. The third kappa shape index (κ3) is 4.62. The van der Waals surface area contributed by atoms with Crippen LogP contribution in [0.4, 0.5) is 0 Å². The Morgan fingerprint density at radius 3 is 2.58 bits per heavy atom. The van der Waals surface area contributed by atoms with Gasteiger partial charge in [-0.2, -0.15) is 0 Å². The summed E-state index contributed by atoms with van der Waals surface area (Å²) in [5, 5.41) is 0. The first-order valence-corrected chi connectivity index (χ1v) is 9.55. The van der Waals surface area contributed by atoms with Gasteiger partial charge in [0.2, 0.25) is 0 Å². The van der Waals surface area contributed by atoms with Crippen molar-refractivity contribution in [2.75, 3.05) is 13.2 Å². The lowest BCUT2D eigenvalue weighted by Gasteiger charge is -2.34. The number of nitrogens with zero attached hydrogens (tertiary/aromatic N) is 1. The number of hydrogen-bond acceptors (Lipinski definition) is 4. The van der Waals surface area contributed by atoms with E-state index in [4.69, 9.17) is 4.74 Å². The summed E-state index contributed by atoms with van der Waals surface area (Å²) >= 11 is -1.17. The van der Waals surface area contributed by atoms with Crippen molar-refractivity contribution in [2.24, 2.45) is 0 Å². The molecule has 0 bridgehead atoms. The van der Waals surface area contributed by atoms with Crippen molar-refractivity contribution in [3.63, 3.8) is 0 Å². The van der Waals surface area contributed by atoms with E-state index in [0.717, 1.165) is 12.8 Å². The predicted octanol–water partition coefficient (Wildman–Crippen LogP) is 3.26. The average Bonchev–Trinajstić information content (AvgIpc) is 2.96. The van der Waals surface area contributed by atoms with Crippen molar-refractivity contribution >= 4 is 17.3 Å². The smallest absolute Gasteiger partial charge is 0.335 e. The summed E-state index contributed by atoms with van der Waals surface area (Å²) in [6.07, 6.45) is 3.45. The first-order valence-electron chi connectivity index (χ1n) is 8.44. The van der Waals surface area contributed by atoms with Crippen molar-refractivity contribution < 1.29 is 14.1 Å². The highest BCUT2D eigenvalue weighted by atomic mass is 32.2. The highest BCUT2D eigenvalue weighted by molar-refractivity contribution is 7.90. The molecule has 5 heteroatoms. The van der Waals surface area contributed by atoms with Crippen LogP contribution in [0.3, 0.4) is 0 Å². The van der Waals surface area contributed by atoms with Crippen LogP contribution in [0.25, 0.3) is 0 Å². The Bertz CT molecular complexity index is 580. The molecular formula is C19H27NO3S. The summed E-state index contributed by atoms with van der Waals surface area (Å²) < 4.78 is 19.6. The van der Waals surface area contributed by atoms with Gasteiger partial charge in [-0.1, -0.05) is 36.4 Å². The second-order valence-electron chi connectivity index (χ2n) is 6.88. The molecule has 1 heterocycles. The largest absolute Gasteiger partial charge is 0.597 e. The number of carbonyl (C=O) groups excluding carboxylic acids is 1. The van der Waals surface area contributed by atoms with Gasteiger partial charge >= 0.3 is 5.97 Å². The lowest BCUT2D eigenvalue weighted by atomic mass is 10.0. The zero-order valence-electron chi connectivity index (χ0n) is 15.0. The first kappa shape index (κ1) is 19.0. The molecule has 0 radical (unpaired) electrons. The Labute approximate surface area is 148 Å². The van der Waals surface area contributed by atoms with E-state index >= 15 is 0 Å². The lowest BCUT2D eigenvalue weighted by Crippen LogP contribution is -2.47. The molecule has 2 rings (SSSR count). The van der Waals surface area contributed by atoms with Gasteiger partial charge in [0.15, 0.2) is 0 Å². The quantitative estimate of drug-likeness (QED) is 0.584. The van der Waals surface area contributed by atoms with Gasteiger partial charge in [0.25, 0.3) is 0 Å². The third-order valence-corrected chi connectivity index (χ3v) is 5.87. The maximum absolute atomic E-state index is 12.9. The van der Waals surface area contributed by atoms with Gasteiger partial charge in [0.1, 0.15) is 4.75 Å². The van der Waals surface area contributed by atoms with Crippen LogP contribution in [-0.2, 0) is 27.3 Å². The van der Waals surface area contributed by atoms with Crippen LogP contribution in [0.15, 0.2) is 42.0 Å². The van der Waals surface area contributed by atoms with Crippen molar-refractivity contribution in [3.05, 3.63) is 47.5 Å². The second kappa shape index (κ2) is 8.19. The fraction of sp³-hybridized carbons (Fsp3) is 0.526. The van der Waals surface area contributed by atoms with E-state index in [1.54, 1.807) is 6.92 Å². The van der Waals surface area contributed by atoms with E-state index in [9.17, 15) is 9.35 Å². The van der Waals surface area contributed by atoms with Crippen LogP contribution in [0.1, 0.15) is 39.7 Å². The molecule has 2 atom stereocenters. The van der Waals surface area contributed by atoms with Crippen LogP contribution in [-0.4, -0.2) is 38.8 Å². The number of hydrogen-bond donors (Lipinski definition) is 0. The van der Waals surface area contributed by atoms with E-state index in [1.165, 1.54) is 5.56 Å². The van der Waals surface area contributed by atoms with Gasteiger partial charge in [-0.15, -0.1) is 4.31 Å². The number of benzene rings is 1. The van der Waals surface area contributed by atoms with Crippen LogP contribution >= 0.6 is 0 Å². The Hall–Kier alpha value is -1.30. The number of carbonyl (C=O) groups is 1. The van der Waals surface area contributed by atoms with Gasteiger partial charge in [-0.3, -0.25) is 0 Å². The Balaban J connectivity index is 2.16. The maximum Gasteiger partial charge on any atom is 0.335 e. The number of esters is 1. The molecule has 0 aliphatic carbocycles. The molecule has 0 unspecified atom stereocenters. The molecule has 1 aliphatic heterocycles. The fourth-order valence-electron chi connectivity index (χ4n) is 2.82. The molecule has 0 spiro atoms. The van der Waals surface area contributed by atoms with E-state index in [0.29, 0.717) is 18.7 Å². The SMILES string of the molecule is CCOC(=O)C1=CCN([S@+]([O-])C(C)(C)C)[C@@H]1CCc1ccccc1. The monoisotopic (exact) mass is 349 g/mol. The predicted molar refractivity (Wildman–Crippen MR) is 97.9 cm³/mol. The molecule has 0 N–H and O–H groups in total. The minimum absolute atomic E-state index is 0.163. The van der Waals surface area contributed by atoms with Crippen LogP contribution in [0, 0.1) is 0 Å². The minimum Gasteiger partial charge on any atom is -0.597 e. The van der Waals surface area contributed by atoms with E-state index in [1.807, 2.05) is 49.4 Å². The van der Waals surface area contributed by atoms with Crippen molar-refractivity contribution in [1.29, 1.82) is 0 Å². The van der Waals surface area contributed by atoms with Crippen LogP contribution < -0.4 is 0 Å². The van der Waals surface area contributed by atoms with E-state index in [-0.39, 0.29) is 16.8 Å². The summed E-state index contributed by atoms with van der Waals surface area (Å²) in [7, 11) is 0. The zero-order valence-corrected chi connectivity index (χ0v) is 15.8. The molecule has 1 aromatic rings. The van der Waals surface area contributed by atoms with Crippen LogP contribution in [0.2, 0.25) is 0 Å². The standard InChI is InChI=1S/C19H27NO3S/c1-5-23-18(21)16-13-14-20(24(22)19(2,3)4)17(16)12-11-15-9-7-6-8-10-15/h6-10,13,17H,5,11-12,14H2,1-4H3/t17-,24-/m1/s1. The molecular weight excluding hydrogens is 322 g/mol. The topological polar surface area (TPSA) is 52.6 Å². The van der Waals surface area contributed by atoms with Gasteiger partial charge in [-0.25, -0.2) is 4.79 Å². The summed E-state index contributed by atoms with van der Waals surface area (Å²) in [6, 6.07) is 10.0. The number of aryl methyl sites for hydroxylation is 1. The Morgan fingerprint density at radius 1 is 1.33 bits per heavy atom. The van der Waals surface area contributed by atoms with Crippen molar-refractivity contribution in [3.8, 4) is 0 Å². The molecule has 1 aromatic carbocycles. The molecule has 132 valence electrons. The summed E-state index contributed by atoms with van der Waals surface area (Å²) in [5.41, 5.74) is 1.86. The summed E-state index contributed by atoms with van der Waals surface area (Å²) in [6.45, 7) is 8.55. The molecule has 0 amide bonds. The normalized spacial score (nSPS) is 19.9. The average molecular weight is 349 g/mol. The maximum atomic E-state index is 12.9. The van der Waals surface area contributed by atoms with E-state index in [2.05, 4.69) is 12.1 Å². The molecule has 0 fully saturated rings. The molecule has 0 saturated carbocycles. The molecule has 4 nitrogen and oxygen atoms in total. The van der Waals surface area contributed by atoms with Gasteiger partial charge in [0.05, 0.1) is 24.8 Å². The minimum atomic E-state index is -1.17. The first-order chi connectivity index (χ1) is 11.3. The van der Waals surface area contributed by atoms with E-state index < -0.39 is 11.4 Å². The Morgan fingerprint density at radius 2 is 2.00 bits per heavy atom. The van der Waals surface area contributed by atoms with Gasteiger partial charge in [-0.05, 0) is 46.1 Å². The third-order valence-electron chi connectivity index (χ3n) is 4.00. The Kier molecular flexibility index (Phi) is 6.49. The highest BCUT2D eigenvalue weighted by Crippen LogP contribution is 2.32.